The first kappa shape index (κ1) is 8.42. The molecule has 14 heavy (non-hydrogen) atoms. The first-order valence-electron chi connectivity index (χ1n) is 5.32. The summed E-state index contributed by atoms with van der Waals surface area (Å²) >= 11 is 0. The summed E-state index contributed by atoms with van der Waals surface area (Å²) in [5.41, 5.74) is 2.61. The van der Waals surface area contributed by atoms with Gasteiger partial charge in [0.15, 0.2) is 0 Å². The fourth-order valence-corrected chi connectivity index (χ4v) is 2.87. The van der Waals surface area contributed by atoms with Gasteiger partial charge in [-0.1, -0.05) is 6.07 Å². The number of benzene rings is 1. The first-order valence-corrected chi connectivity index (χ1v) is 5.32. The van der Waals surface area contributed by atoms with Crippen molar-refractivity contribution in [3.63, 3.8) is 0 Å². The van der Waals surface area contributed by atoms with Crippen LogP contribution in [0.5, 0.6) is 0 Å². The molecule has 74 valence electrons. The molecule has 1 aliphatic heterocycles. The topological polar surface area (TPSA) is 12.0 Å². The maximum Gasteiger partial charge on any atom is 0.123 e. The average Bonchev–Trinajstić information content (AvgIpc) is 2.20. The second kappa shape index (κ2) is 3.06. The zero-order chi connectivity index (χ0) is 9.54. The van der Waals surface area contributed by atoms with Gasteiger partial charge in [-0.2, -0.15) is 0 Å². The van der Waals surface area contributed by atoms with Crippen LogP contribution in [-0.4, -0.2) is 13.1 Å². The largest absolute Gasteiger partial charge is 0.316 e. The fourth-order valence-electron chi connectivity index (χ4n) is 2.87. The standard InChI is InChI=1S/C12H14FN/c13-11-2-1-9-3-8-4-10(7-14-6-8)12(9)5-11/h1-2,5,8,10,14H,3-4,6-7H2. The van der Waals surface area contributed by atoms with Gasteiger partial charge in [0.2, 0.25) is 0 Å². The Kier molecular flexibility index (Phi) is 1.84. The number of rotatable bonds is 0. The van der Waals surface area contributed by atoms with Crippen molar-refractivity contribution < 1.29 is 4.39 Å². The van der Waals surface area contributed by atoms with E-state index >= 15 is 0 Å². The van der Waals surface area contributed by atoms with Crippen LogP contribution in [0.1, 0.15) is 23.5 Å². The molecule has 1 N–H and O–H groups in total. The first-order chi connectivity index (χ1) is 6.83. The summed E-state index contributed by atoms with van der Waals surface area (Å²) < 4.78 is 13.1. The van der Waals surface area contributed by atoms with Crippen LogP contribution in [0.25, 0.3) is 0 Å². The highest BCUT2D eigenvalue weighted by Gasteiger charge is 2.30. The van der Waals surface area contributed by atoms with Gasteiger partial charge >= 0.3 is 0 Å². The Labute approximate surface area is 83.3 Å². The Balaban J connectivity index is 2.06. The minimum Gasteiger partial charge on any atom is -0.316 e. The van der Waals surface area contributed by atoms with Crippen molar-refractivity contribution in [2.24, 2.45) is 5.92 Å². The van der Waals surface area contributed by atoms with E-state index in [-0.39, 0.29) is 5.82 Å². The summed E-state index contributed by atoms with van der Waals surface area (Å²) in [6.45, 7) is 2.15. The lowest BCUT2D eigenvalue weighted by atomic mass is 9.74. The maximum atomic E-state index is 13.1. The Morgan fingerprint density at radius 1 is 1.29 bits per heavy atom. The van der Waals surface area contributed by atoms with Crippen molar-refractivity contribution in [2.75, 3.05) is 13.1 Å². The summed E-state index contributed by atoms with van der Waals surface area (Å²) in [7, 11) is 0. The molecule has 1 heterocycles. The molecule has 3 rings (SSSR count). The number of fused-ring (bicyclic) bond motifs is 4. The Morgan fingerprint density at radius 3 is 3.14 bits per heavy atom. The van der Waals surface area contributed by atoms with Gasteiger partial charge in [-0.15, -0.1) is 0 Å². The molecule has 1 fully saturated rings. The fraction of sp³-hybridized carbons (Fsp3) is 0.500. The highest BCUT2D eigenvalue weighted by Crippen LogP contribution is 2.36. The van der Waals surface area contributed by atoms with E-state index in [1.807, 2.05) is 6.07 Å². The lowest BCUT2D eigenvalue weighted by Gasteiger charge is -2.36. The van der Waals surface area contributed by atoms with Crippen molar-refractivity contribution >= 4 is 0 Å². The summed E-state index contributed by atoms with van der Waals surface area (Å²) in [5.74, 6) is 1.23. The van der Waals surface area contributed by atoms with Crippen LogP contribution in [-0.2, 0) is 6.42 Å². The molecule has 2 aliphatic rings. The number of hydrogen-bond donors (Lipinski definition) is 1. The normalized spacial score (nSPS) is 29.8. The van der Waals surface area contributed by atoms with Gasteiger partial charge in [0.1, 0.15) is 5.82 Å². The maximum absolute atomic E-state index is 13.1. The predicted molar refractivity (Wildman–Crippen MR) is 53.8 cm³/mol. The summed E-state index contributed by atoms with van der Waals surface area (Å²) in [5, 5.41) is 3.42. The van der Waals surface area contributed by atoms with Crippen LogP contribution in [0.3, 0.4) is 0 Å². The molecule has 1 aliphatic carbocycles. The van der Waals surface area contributed by atoms with E-state index in [2.05, 4.69) is 5.32 Å². The lowest BCUT2D eigenvalue weighted by molar-refractivity contribution is 0.317. The molecule has 0 amide bonds. The van der Waals surface area contributed by atoms with E-state index in [1.54, 1.807) is 12.1 Å². The number of piperidine rings is 1. The quantitative estimate of drug-likeness (QED) is 0.662. The van der Waals surface area contributed by atoms with Gasteiger partial charge in [-0.25, -0.2) is 4.39 Å². The van der Waals surface area contributed by atoms with E-state index < -0.39 is 0 Å². The molecule has 1 aromatic rings. The van der Waals surface area contributed by atoms with Gasteiger partial charge in [0, 0.05) is 6.54 Å². The summed E-state index contributed by atoms with van der Waals surface area (Å²) in [6.07, 6.45) is 2.36. The molecule has 2 bridgehead atoms. The van der Waals surface area contributed by atoms with E-state index in [4.69, 9.17) is 0 Å². The highest BCUT2D eigenvalue weighted by atomic mass is 19.1. The zero-order valence-corrected chi connectivity index (χ0v) is 8.09. The van der Waals surface area contributed by atoms with Crippen LogP contribution in [0.4, 0.5) is 4.39 Å². The van der Waals surface area contributed by atoms with E-state index in [0.29, 0.717) is 5.92 Å². The zero-order valence-electron chi connectivity index (χ0n) is 8.09. The number of nitrogens with one attached hydrogen (secondary N) is 1. The van der Waals surface area contributed by atoms with Crippen molar-refractivity contribution in [1.82, 2.24) is 5.32 Å². The van der Waals surface area contributed by atoms with E-state index in [0.717, 1.165) is 25.4 Å². The molecule has 1 nitrogen and oxygen atoms in total. The highest BCUT2D eigenvalue weighted by molar-refractivity contribution is 5.34. The summed E-state index contributed by atoms with van der Waals surface area (Å²) in [6, 6.07) is 5.28. The monoisotopic (exact) mass is 191 g/mol. The van der Waals surface area contributed by atoms with E-state index in [9.17, 15) is 4.39 Å². The van der Waals surface area contributed by atoms with Crippen molar-refractivity contribution in [3.05, 3.63) is 35.1 Å². The average molecular weight is 191 g/mol. The molecule has 0 radical (unpaired) electrons. The summed E-state index contributed by atoms with van der Waals surface area (Å²) in [4.78, 5) is 0. The third kappa shape index (κ3) is 1.25. The van der Waals surface area contributed by atoms with Crippen molar-refractivity contribution in [2.45, 2.75) is 18.8 Å². The van der Waals surface area contributed by atoms with Crippen LogP contribution in [0, 0.1) is 11.7 Å². The van der Waals surface area contributed by atoms with Crippen LogP contribution in [0.2, 0.25) is 0 Å². The molecular formula is C12H14FN. The smallest absolute Gasteiger partial charge is 0.123 e. The number of hydrogen-bond acceptors (Lipinski definition) is 1. The van der Waals surface area contributed by atoms with Crippen molar-refractivity contribution in [1.29, 1.82) is 0 Å². The molecule has 2 unspecified atom stereocenters. The van der Waals surface area contributed by atoms with Gasteiger partial charge in [-0.05, 0) is 54.5 Å². The molecule has 0 aromatic heterocycles. The minimum absolute atomic E-state index is 0.0900. The third-order valence-electron chi connectivity index (χ3n) is 3.50. The Morgan fingerprint density at radius 2 is 2.21 bits per heavy atom. The van der Waals surface area contributed by atoms with Crippen molar-refractivity contribution in [3.8, 4) is 0 Å². The minimum atomic E-state index is -0.0900. The lowest BCUT2D eigenvalue weighted by Crippen LogP contribution is -2.39. The molecule has 0 spiro atoms. The molecule has 1 aromatic carbocycles. The third-order valence-corrected chi connectivity index (χ3v) is 3.50. The molecule has 2 atom stereocenters. The Bertz CT molecular complexity index is 361. The van der Waals surface area contributed by atoms with E-state index in [1.165, 1.54) is 17.5 Å². The molecule has 2 heteroatoms. The van der Waals surface area contributed by atoms with Crippen LogP contribution in [0.15, 0.2) is 18.2 Å². The second-order valence-electron chi connectivity index (χ2n) is 4.50. The molecule has 1 saturated heterocycles. The Hall–Kier alpha value is -0.890. The SMILES string of the molecule is Fc1ccc2c(c1)C1CNCC(C2)C1. The second-order valence-corrected chi connectivity index (χ2v) is 4.50. The van der Waals surface area contributed by atoms with Gasteiger partial charge in [0.25, 0.3) is 0 Å². The van der Waals surface area contributed by atoms with Gasteiger partial charge < -0.3 is 5.32 Å². The number of halogens is 1. The van der Waals surface area contributed by atoms with Crippen LogP contribution < -0.4 is 5.32 Å². The molecule has 0 saturated carbocycles. The van der Waals surface area contributed by atoms with Gasteiger partial charge in [-0.3, -0.25) is 0 Å². The molecular weight excluding hydrogens is 177 g/mol. The van der Waals surface area contributed by atoms with Crippen LogP contribution >= 0.6 is 0 Å². The predicted octanol–water partition coefficient (Wildman–Crippen LogP) is 2.07. The van der Waals surface area contributed by atoms with Gasteiger partial charge in [0.05, 0.1) is 0 Å².